The maximum atomic E-state index is 13.4. The molecule has 7 heteroatoms. The Bertz CT molecular complexity index is 912. The van der Waals surface area contributed by atoms with Crippen LogP contribution in [-0.4, -0.2) is 32.6 Å². The summed E-state index contributed by atoms with van der Waals surface area (Å²) in [5, 5.41) is 2.81. The number of carbonyl (C=O) groups excluding carboxylic acids is 1. The number of hydrogen-bond donors (Lipinski definition) is 1. The number of methoxy groups -OCH3 is 1. The molecular weight excluding hydrogens is 364 g/mol. The van der Waals surface area contributed by atoms with E-state index in [2.05, 4.69) is 5.32 Å². The van der Waals surface area contributed by atoms with Crippen LogP contribution in [0.4, 0.5) is 5.82 Å². The summed E-state index contributed by atoms with van der Waals surface area (Å²) < 4.78 is 33.7. The highest BCUT2D eigenvalue weighted by Gasteiger charge is 2.30. The first-order valence-electron chi connectivity index (χ1n) is 9.04. The van der Waals surface area contributed by atoms with Gasteiger partial charge in [0.1, 0.15) is 10.7 Å². The van der Waals surface area contributed by atoms with Crippen LogP contribution >= 0.6 is 0 Å². The topological polar surface area (TPSA) is 77.4 Å². The number of aryl methyl sites for hydroxylation is 1. The van der Waals surface area contributed by atoms with Crippen molar-refractivity contribution in [3.05, 3.63) is 41.1 Å². The summed E-state index contributed by atoms with van der Waals surface area (Å²) in [5.74, 6) is 0.120. The molecule has 2 rings (SSSR count). The summed E-state index contributed by atoms with van der Waals surface area (Å²) in [7, 11) is -2.14. The minimum atomic E-state index is -3.77. The molecule has 1 aromatic carbocycles. The number of rotatable bonds is 8. The summed E-state index contributed by atoms with van der Waals surface area (Å²) >= 11 is 0. The SMILES string of the molecule is CCC(=O)Nc1c(S(=O)(=O)c2ccc(C)cc2)c(C)c(C)n1CCCOC. The first kappa shape index (κ1) is 21.2. The van der Waals surface area contributed by atoms with Crippen molar-refractivity contribution in [2.45, 2.75) is 56.9 Å². The van der Waals surface area contributed by atoms with E-state index in [0.717, 1.165) is 11.3 Å². The number of sulfone groups is 1. The van der Waals surface area contributed by atoms with Crippen LogP contribution in [0.25, 0.3) is 0 Å². The van der Waals surface area contributed by atoms with Gasteiger partial charge in [0.05, 0.1) is 4.90 Å². The van der Waals surface area contributed by atoms with Crippen LogP contribution < -0.4 is 5.32 Å². The fourth-order valence-electron chi connectivity index (χ4n) is 2.99. The molecule has 1 aromatic heterocycles. The van der Waals surface area contributed by atoms with E-state index in [1.807, 2.05) is 18.4 Å². The summed E-state index contributed by atoms with van der Waals surface area (Å²) in [6.45, 7) is 8.41. The molecule has 1 heterocycles. The average molecular weight is 393 g/mol. The van der Waals surface area contributed by atoms with Crippen LogP contribution in [0.3, 0.4) is 0 Å². The Kier molecular flexibility index (Phi) is 6.84. The average Bonchev–Trinajstić information content (AvgIpc) is 2.86. The highest BCUT2D eigenvalue weighted by molar-refractivity contribution is 7.91. The first-order chi connectivity index (χ1) is 12.7. The molecule has 6 nitrogen and oxygen atoms in total. The van der Waals surface area contributed by atoms with Gasteiger partial charge in [0, 0.05) is 32.4 Å². The molecule has 0 radical (unpaired) electrons. The van der Waals surface area contributed by atoms with Gasteiger partial charge in [0.15, 0.2) is 0 Å². The number of ether oxygens (including phenoxy) is 1. The largest absolute Gasteiger partial charge is 0.385 e. The van der Waals surface area contributed by atoms with E-state index in [1.54, 1.807) is 45.2 Å². The van der Waals surface area contributed by atoms with Gasteiger partial charge in [-0.25, -0.2) is 8.42 Å². The molecule has 1 N–H and O–H groups in total. The van der Waals surface area contributed by atoms with E-state index >= 15 is 0 Å². The second-order valence-electron chi connectivity index (χ2n) is 6.60. The lowest BCUT2D eigenvalue weighted by Gasteiger charge is -2.14. The van der Waals surface area contributed by atoms with E-state index in [-0.39, 0.29) is 22.1 Å². The molecular formula is C20H28N2O4S. The first-order valence-corrected chi connectivity index (χ1v) is 10.5. The number of aromatic nitrogens is 1. The lowest BCUT2D eigenvalue weighted by Crippen LogP contribution is -2.17. The van der Waals surface area contributed by atoms with Gasteiger partial charge in [0.25, 0.3) is 0 Å². The van der Waals surface area contributed by atoms with Crippen LogP contribution in [0, 0.1) is 20.8 Å². The molecule has 0 saturated carbocycles. The molecule has 2 aromatic rings. The van der Waals surface area contributed by atoms with Crippen molar-refractivity contribution in [2.75, 3.05) is 19.0 Å². The normalized spacial score (nSPS) is 11.6. The number of hydrogen-bond acceptors (Lipinski definition) is 4. The van der Waals surface area contributed by atoms with Gasteiger partial charge in [-0.3, -0.25) is 4.79 Å². The Labute approximate surface area is 161 Å². The number of benzene rings is 1. The van der Waals surface area contributed by atoms with Gasteiger partial charge >= 0.3 is 0 Å². The Balaban J connectivity index is 2.64. The van der Waals surface area contributed by atoms with E-state index in [0.29, 0.717) is 31.0 Å². The van der Waals surface area contributed by atoms with E-state index < -0.39 is 9.84 Å². The molecule has 0 bridgehead atoms. The van der Waals surface area contributed by atoms with Crippen molar-refractivity contribution in [1.29, 1.82) is 0 Å². The molecule has 148 valence electrons. The van der Waals surface area contributed by atoms with E-state index in [4.69, 9.17) is 4.74 Å². The maximum Gasteiger partial charge on any atom is 0.225 e. The summed E-state index contributed by atoms with van der Waals surface area (Å²) in [5.41, 5.74) is 2.46. The third-order valence-corrected chi connectivity index (χ3v) is 6.61. The number of nitrogens with one attached hydrogen (secondary N) is 1. The standard InChI is InChI=1S/C20H28N2O4S/c1-6-18(23)21-20-19(15(3)16(4)22(20)12-7-13-26-5)27(24,25)17-10-8-14(2)9-11-17/h8-11H,6-7,12-13H2,1-5H3,(H,21,23). The van der Waals surface area contributed by atoms with Gasteiger partial charge in [-0.1, -0.05) is 24.6 Å². The van der Waals surface area contributed by atoms with Crippen molar-refractivity contribution in [3.63, 3.8) is 0 Å². The number of amides is 1. The third kappa shape index (κ3) is 4.42. The van der Waals surface area contributed by atoms with Crippen molar-refractivity contribution < 1.29 is 17.9 Å². The molecule has 0 aliphatic carbocycles. The minimum Gasteiger partial charge on any atom is -0.385 e. The molecule has 0 saturated heterocycles. The summed E-state index contributed by atoms with van der Waals surface area (Å²) in [6, 6.07) is 6.75. The van der Waals surface area contributed by atoms with Gasteiger partial charge in [0.2, 0.25) is 15.7 Å². The van der Waals surface area contributed by atoms with Crippen LogP contribution in [0.2, 0.25) is 0 Å². The smallest absolute Gasteiger partial charge is 0.225 e. The second kappa shape index (κ2) is 8.71. The van der Waals surface area contributed by atoms with E-state index in [9.17, 15) is 13.2 Å². The van der Waals surface area contributed by atoms with E-state index in [1.165, 1.54) is 0 Å². The molecule has 0 spiro atoms. The van der Waals surface area contributed by atoms with Crippen molar-refractivity contribution in [2.24, 2.45) is 0 Å². The van der Waals surface area contributed by atoms with Gasteiger partial charge in [-0.2, -0.15) is 0 Å². The molecule has 0 aliphatic heterocycles. The van der Waals surface area contributed by atoms with Gasteiger partial charge in [-0.15, -0.1) is 0 Å². The number of nitrogens with zero attached hydrogens (tertiary/aromatic N) is 1. The number of carbonyl (C=O) groups is 1. The maximum absolute atomic E-state index is 13.4. The third-order valence-electron chi connectivity index (χ3n) is 4.68. The summed E-state index contributed by atoms with van der Waals surface area (Å²) in [4.78, 5) is 12.5. The molecule has 1 amide bonds. The molecule has 0 aliphatic rings. The van der Waals surface area contributed by atoms with Crippen molar-refractivity contribution >= 4 is 21.6 Å². The Hall–Kier alpha value is -2.12. The van der Waals surface area contributed by atoms with Gasteiger partial charge in [-0.05, 0) is 44.9 Å². The van der Waals surface area contributed by atoms with Crippen LogP contribution in [-0.2, 0) is 25.9 Å². The minimum absolute atomic E-state index is 0.170. The second-order valence-corrected chi connectivity index (χ2v) is 8.49. The quantitative estimate of drug-likeness (QED) is 0.696. The summed E-state index contributed by atoms with van der Waals surface area (Å²) in [6.07, 6.45) is 0.982. The lowest BCUT2D eigenvalue weighted by atomic mass is 10.2. The highest BCUT2D eigenvalue weighted by atomic mass is 32.2. The molecule has 27 heavy (non-hydrogen) atoms. The van der Waals surface area contributed by atoms with Crippen LogP contribution in [0.1, 0.15) is 36.6 Å². The molecule has 0 atom stereocenters. The Morgan fingerprint density at radius 2 is 1.78 bits per heavy atom. The fourth-order valence-corrected chi connectivity index (χ4v) is 4.69. The van der Waals surface area contributed by atoms with Crippen molar-refractivity contribution in [1.82, 2.24) is 4.57 Å². The highest BCUT2D eigenvalue weighted by Crippen LogP contribution is 2.35. The van der Waals surface area contributed by atoms with Crippen molar-refractivity contribution in [3.8, 4) is 0 Å². The lowest BCUT2D eigenvalue weighted by molar-refractivity contribution is -0.115. The van der Waals surface area contributed by atoms with Crippen LogP contribution in [0.5, 0.6) is 0 Å². The Morgan fingerprint density at radius 3 is 2.33 bits per heavy atom. The number of anilines is 1. The molecule has 0 unspecified atom stereocenters. The molecule has 0 fully saturated rings. The Morgan fingerprint density at radius 1 is 1.15 bits per heavy atom. The zero-order valence-electron chi connectivity index (χ0n) is 16.6. The monoisotopic (exact) mass is 392 g/mol. The van der Waals surface area contributed by atoms with Crippen LogP contribution in [0.15, 0.2) is 34.1 Å². The zero-order valence-corrected chi connectivity index (χ0v) is 17.4. The fraction of sp³-hybridized carbons (Fsp3) is 0.450. The van der Waals surface area contributed by atoms with Gasteiger partial charge < -0.3 is 14.6 Å². The predicted octanol–water partition coefficient (Wildman–Crippen LogP) is 3.63. The zero-order chi connectivity index (χ0) is 20.2. The predicted molar refractivity (Wildman–Crippen MR) is 106 cm³/mol.